The third-order valence-corrected chi connectivity index (χ3v) is 3.82. The molecule has 1 heterocycles. The van der Waals surface area contributed by atoms with Crippen molar-refractivity contribution < 1.29 is 18.7 Å². The number of hydrogen-bond acceptors (Lipinski definition) is 4. The van der Waals surface area contributed by atoms with Crippen LogP contribution in [0.5, 0.6) is 5.75 Å². The molecule has 0 spiro atoms. The Morgan fingerprint density at radius 2 is 1.96 bits per heavy atom. The van der Waals surface area contributed by atoms with Crippen LogP contribution in [0.3, 0.4) is 0 Å². The fourth-order valence-electron chi connectivity index (χ4n) is 2.16. The molecule has 1 aromatic carbocycles. The van der Waals surface area contributed by atoms with Crippen LogP contribution in [-0.2, 0) is 16.0 Å². The Balaban J connectivity index is 2.50. The van der Waals surface area contributed by atoms with E-state index in [1.54, 1.807) is 12.1 Å². The first-order valence-electron chi connectivity index (χ1n) is 6.72. The highest BCUT2D eigenvalue weighted by atomic mass is 35.5. The van der Waals surface area contributed by atoms with Crippen molar-refractivity contribution in [3.05, 3.63) is 46.0 Å². The number of ether oxygens (including phenoxy) is 2. The molecule has 0 aliphatic rings. The van der Waals surface area contributed by atoms with E-state index < -0.39 is 11.8 Å². The van der Waals surface area contributed by atoms with Gasteiger partial charge in [-0.2, -0.15) is 0 Å². The summed E-state index contributed by atoms with van der Waals surface area (Å²) in [4.78, 5) is 15.3. The highest BCUT2D eigenvalue weighted by molar-refractivity contribution is 6.33. The molecule has 0 radical (unpaired) electrons. The highest BCUT2D eigenvalue weighted by Crippen LogP contribution is 2.34. The van der Waals surface area contributed by atoms with Crippen molar-refractivity contribution in [1.29, 1.82) is 0 Å². The maximum Gasteiger partial charge on any atom is 0.305 e. The Labute approximate surface area is 143 Å². The first-order chi connectivity index (χ1) is 11.0. The van der Waals surface area contributed by atoms with Crippen LogP contribution >= 0.6 is 23.2 Å². The van der Waals surface area contributed by atoms with Gasteiger partial charge >= 0.3 is 5.97 Å². The van der Waals surface area contributed by atoms with E-state index in [9.17, 15) is 9.18 Å². The molecule has 7 heteroatoms. The van der Waals surface area contributed by atoms with E-state index in [0.29, 0.717) is 22.4 Å². The van der Waals surface area contributed by atoms with Crippen LogP contribution in [0.1, 0.15) is 12.0 Å². The van der Waals surface area contributed by atoms with E-state index in [0.717, 1.165) is 0 Å². The van der Waals surface area contributed by atoms with Crippen LogP contribution in [-0.4, -0.2) is 25.2 Å². The van der Waals surface area contributed by atoms with Crippen molar-refractivity contribution in [3.8, 4) is 16.9 Å². The van der Waals surface area contributed by atoms with Gasteiger partial charge in [-0.3, -0.25) is 4.79 Å². The lowest BCUT2D eigenvalue weighted by Crippen LogP contribution is -2.04. The van der Waals surface area contributed by atoms with Gasteiger partial charge in [0.05, 0.1) is 14.2 Å². The molecule has 0 atom stereocenters. The van der Waals surface area contributed by atoms with Gasteiger partial charge < -0.3 is 9.47 Å². The summed E-state index contributed by atoms with van der Waals surface area (Å²) < 4.78 is 24.0. The maximum absolute atomic E-state index is 14.4. The molecule has 2 aromatic rings. The number of halogens is 3. The Bertz CT molecular complexity index is 738. The zero-order chi connectivity index (χ0) is 17.0. The maximum atomic E-state index is 14.4. The van der Waals surface area contributed by atoms with Crippen LogP contribution in [0.15, 0.2) is 24.3 Å². The van der Waals surface area contributed by atoms with Gasteiger partial charge in [0.2, 0.25) is 0 Å². The molecular formula is C16H14Cl2FNO3. The number of methoxy groups -OCH3 is 2. The molecule has 0 unspecified atom stereocenters. The first kappa shape index (κ1) is 17.5. The van der Waals surface area contributed by atoms with E-state index in [1.807, 2.05) is 0 Å². The summed E-state index contributed by atoms with van der Waals surface area (Å²) in [6.45, 7) is 0. The SMILES string of the molecule is COC(=O)CCc1c(-c2ccc(OC)cc2F)cc(Cl)nc1Cl. The normalized spacial score (nSPS) is 10.5. The quantitative estimate of drug-likeness (QED) is 0.590. The predicted molar refractivity (Wildman–Crippen MR) is 86.5 cm³/mol. The Kier molecular flexibility index (Phi) is 5.80. The number of pyridine rings is 1. The molecule has 0 fully saturated rings. The second kappa shape index (κ2) is 7.62. The number of nitrogens with zero attached hydrogens (tertiary/aromatic N) is 1. The lowest BCUT2D eigenvalue weighted by molar-refractivity contribution is -0.140. The van der Waals surface area contributed by atoms with E-state index >= 15 is 0 Å². The summed E-state index contributed by atoms with van der Waals surface area (Å²) in [5.74, 6) is -0.479. The van der Waals surface area contributed by atoms with Gasteiger partial charge in [0, 0.05) is 18.1 Å². The average Bonchev–Trinajstić information content (AvgIpc) is 2.52. The molecule has 1 aromatic heterocycles. The van der Waals surface area contributed by atoms with Gasteiger partial charge in [-0.15, -0.1) is 0 Å². The van der Waals surface area contributed by atoms with Gasteiger partial charge in [0.25, 0.3) is 0 Å². The van der Waals surface area contributed by atoms with E-state index in [1.165, 1.54) is 26.4 Å². The fraction of sp³-hybridized carbons (Fsp3) is 0.250. The van der Waals surface area contributed by atoms with Crippen LogP contribution in [0.25, 0.3) is 11.1 Å². The average molecular weight is 358 g/mol. The van der Waals surface area contributed by atoms with E-state index in [-0.39, 0.29) is 23.1 Å². The van der Waals surface area contributed by atoms with Gasteiger partial charge in [0.15, 0.2) is 0 Å². The molecule has 0 aliphatic heterocycles. The monoisotopic (exact) mass is 357 g/mol. The number of esters is 1. The van der Waals surface area contributed by atoms with Crippen LogP contribution < -0.4 is 4.74 Å². The van der Waals surface area contributed by atoms with E-state index in [2.05, 4.69) is 9.72 Å². The smallest absolute Gasteiger partial charge is 0.305 e. The van der Waals surface area contributed by atoms with Crippen molar-refractivity contribution in [2.75, 3.05) is 14.2 Å². The molecule has 122 valence electrons. The number of rotatable bonds is 5. The minimum Gasteiger partial charge on any atom is -0.497 e. The second-order valence-electron chi connectivity index (χ2n) is 4.68. The van der Waals surface area contributed by atoms with Gasteiger partial charge in [-0.1, -0.05) is 23.2 Å². The molecule has 4 nitrogen and oxygen atoms in total. The largest absolute Gasteiger partial charge is 0.497 e. The topological polar surface area (TPSA) is 48.4 Å². The van der Waals surface area contributed by atoms with Crippen LogP contribution in [0.4, 0.5) is 4.39 Å². The lowest BCUT2D eigenvalue weighted by atomic mass is 9.98. The minimum absolute atomic E-state index is 0.101. The first-order valence-corrected chi connectivity index (χ1v) is 7.47. The number of hydrogen-bond donors (Lipinski definition) is 0. The van der Waals surface area contributed by atoms with Crippen molar-refractivity contribution in [1.82, 2.24) is 4.98 Å². The standard InChI is InChI=1S/C16H14Cl2FNO3/c1-22-9-3-4-10(13(19)7-9)12-8-14(17)20-16(18)11(12)5-6-15(21)23-2/h3-4,7-8H,5-6H2,1-2H3. The van der Waals surface area contributed by atoms with Crippen molar-refractivity contribution in [2.24, 2.45) is 0 Å². The molecule has 2 rings (SSSR count). The molecule has 0 N–H and O–H groups in total. The Morgan fingerprint density at radius 1 is 1.22 bits per heavy atom. The fourth-order valence-corrected chi connectivity index (χ4v) is 2.68. The number of carbonyl (C=O) groups is 1. The summed E-state index contributed by atoms with van der Waals surface area (Å²) in [5, 5.41) is 0.272. The predicted octanol–water partition coefficient (Wildman–Crippen LogP) is 4.31. The summed E-state index contributed by atoms with van der Waals surface area (Å²) in [7, 11) is 2.75. The molecular weight excluding hydrogens is 344 g/mol. The number of carbonyl (C=O) groups excluding carboxylic acids is 1. The summed E-state index contributed by atoms with van der Waals surface area (Å²) in [6.07, 6.45) is 0.362. The Hall–Kier alpha value is -1.85. The number of benzene rings is 1. The van der Waals surface area contributed by atoms with Crippen LogP contribution in [0.2, 0.25) is 10.3 Å². The zero-order valence-corrected chi connectivity index (χ0v) is 14.0. The van der Waals surface area contributed by atoms with E-state index in [4.69, 9.17) is 27.9 Å². The van der Waals surface area contributed by atoms with Crippen molar-refractivity contribution >= 4 is 29.2 Å². The molecule has 0 bridgehead atoms. The summed E-state index contributed by atoms with van der Waals surface area (Å²) in [6, 6.07) is 5.98. The third-order valence-electron chi connectivity index (χ3n) is 3.32. The summed E-state index contributed by atoms with van der Waals surface area (Å²) in [5.41, 5.74) is 1.32. The van der Waals surface area contributed by atoms with Crippen LogP contribution in [0, 0.1) is 5.82 Å². The summed E-state index contributed by atoms with van der Waals surface area (Å²) >= 11 is 12.1. The van der Waals surface area contributed by atoms with Crippen molar-refractivity contribution in [2.45, 2.75) is 12.8 Å². The molecule has 0 amide bonds. The number of aromatic nitrogens is 1. The highest BCUT2D eigenvalue weighted by Gasteiger charge is 2.17. The van der Waals surface area contributed by atoms with Gasteiger partial charge in [0.1, 0.15) is 21.9 Å². The van der Waals surface area contributed by atoms with Gasteiger partial charge in [-0.05, 0) is 35.7 Å². The molecule has 0 aliphatic carbocycles. The van der Waals surface area contributed by atoms with Crippen molar-refractivity contribution in [3.63, 3.8) is 0 Å². The lowest BCUT2D eigenvalue weighted by Gasteiger charge is -2.13. The molecule has 0 saturated carbocycles. The second-order valence-corrected chi connectivity index (χ2v) is 5.43. The Morgan fingerprint density at radius 3 is 2.57 bits per heavy atom. The van der Waals surface area contributed by atoms with Gasteiger partial charge in [-0.25, -0.2) is 9.37 Å². The minimum atomic E-state index is -0.484. The molecule has 0 saturated heterocycles. The molecule has 23 heavy (non-hydrogen) atoms. The zero-order valence-electron chi connectivity index (χ0n) is 12.5. The third kappa shape index (κ3) is 4.12.